The lowest BCUT2D eigenvalue weighted by Gasteiger charge is -2.19. The van der Waals surface area contributed by atoms with Gasteiger partial charge in [-0.15, -0.1) is 0 Å². The van der Waals surface area contributed by atoms with Crippen molar-refractivity contribution in [2.75, 3.05) is 7.11 Å². The Bertz CT molecular complexity index is 790. The van der Waals surface area contributed by atoms with Crippen LogP contribution in [0.1, 0.15) is 24.0 Å². The van der Waals surface area contributed by atoms with Crippen LogP contribution >= 0.6 is 0 Å². The molecule has 0 radical (unpaired) electrons. The minimum Gasteiger partial charge on any atom is -0.497 e. The van der Waals surface area contributed by atoms with Gasteiger partial charge in [-0.25, -0.2) is 0 Å². The largest absolute Gasteiger partial charge is 0.497 e. The van der Waals surface area contributed by atoms with Gasteiger partial charge in [0, 0.05) is 4.90 Å². The van der Waals surface area contributed by atoms with Crippen LogP contribution < -0.4 is 4.74 Å². The summed E-state index contributed by atoms with van der Waals surface area (Å²) in [5, 5.41) is 0.227. The van der Waals surface area contributed by atoms with E-state index in [9.17, 15) is 4.21 Å². The fourth-order valence-corrected chi connectivity index (χ4v) is 5.93. The van der Waals surface area contributed by atoms with E-state index in [2.05, 4.69) is 37.3 Å². The van der Waals surface area contributed by atoms with Crippen molar-refractivity contribution in [1.29, 1.82) is 0 Å². The van der Waals surface area contributed by atoms with Crippen LogP contribution in [0.3, 0.4) is 0 Å². The summed E-state index contributed by atoms with van der Waals surface area (Å²) < 4.78 is 18.4. The predicted molar refractivity (Wildman–Crippen MR) is 98.6 cm³/mol. The third kappa shape index (κ3) is 2.61. The number of benzene rings is 2. The molecule has 2 aromatic carbocycles. The van der Waals surface area contributed by atoms with Crippen molar-refractivity contribution in [2.24, 2.45) is 11.8 Å². The summed E-state index contributed by atoms with van der Waals surface area (Å²) in [6.07, 6.45) is 4.67. The lowest BCUT2D eigenvalue weighted by Crippen LogP contribution is -2.22. The molecule has 2 aliphatic carbocycles. The topological polar surface area (TPSA) is 26.3 Å². The van der Waals surface area contributed by atoms with Crippen LogP contribution in [-0.2, 0) is 10.8 Å². The summed E-state index contributed by atoms with van der Waals surface area (Å²) in [4.78, 5) is 0.965. The summed E-state index contributed by atoms with van der Waals surface area (Å²) in [5.74, 6) is 1.72. The van der Waals surface area contributed by atoms with E-state index < -0.39 is 10.8 Å². The van der Waals surface area contributed by atoms with Gasteiger partial charge < -0.3 is 4.74 Å². The molecule has 0 aliphatic heterocycles. The van der Waals surface area contributed by atoms with Gasteiger partial charge in [-0.3, -0.25) is 4.21 Å². The smallest absolute Gasteiger partial charge is 0.118 e. The van der Waals surface area contributed by atoms with E-state index in [0.29, 0.717) is 11.8 Å². The molecule has 0 N–H and O–H groups in total. The second-order valence-electron chi connectivity index (χ2n) is 6.77. The molecule has 2 aliphatic rings. The minimum absolute atomic E-state index is 0.227. The predicted octanol–water partition coefficient (Wildman–Crippen LogP) is 4.60. The highest BCUT2D eigenvalue weighted by Gasteiger charge is 2.46. The molecule has 2 unspecified atom stereocenters. The van der Waals surface area contributed by atoms with Crippen molar-refractivity contribution < 1.29 is 8.95 Å². The first-order valence-corrected chi connectivity index (χ1v) is 9.72. The van der Waals surface area contributed by atoms with E-state index in [1.807, 2.05) is 24.3 Å². The second kappa shape index (κ2) is 6.21. The van der Waals surface area contributed by atoms with Gasteiger partial charge in [0.2, 0.25) is 0 Å². The molecule has 4 atom stereocenters. The molecule has 124 valence electrons. The number of hydrogen-bond donors (Lipinski definition) is 0. The average Bonchev–Trinajstić information content (AvgIpc) is 3.20. The fourth-order valence-electron chi connectivity index (χ4n) is 4.10. The van der Waals surface area contributed by atoms with Crippen LogP contribution in [-0.4, -0.2) is 16.6 Å². The van der Waals surface area contributed by atoms with Crippen molar-refractivity contribution >= 4 is 16.4 Å². The van der Waals surface area contributed by atoms with Gasteiger partial charge in [-0.05, 0) is 67.0 Å². The first-order valence-electron chi connectivity index (χ1n) is 8.51. The molecule has 3 heteroatoms. The monoisotopic (exact) mass is 338 g/mol. The Morgan fingerprint density at radius 2 is 1.71 bits per heavy atom. The Morgan fingerprint density at radius 3 is 2.38 bits per heavy atom. The van der Waals surface area contributed by atoms with Gasteiger partial charge in [0.15, 0.2) is 0 Å². The first kappa shape index (κ1) is 15.6. The van der Waals surface area contributed by atoms with Crippen LogP contribution in [0, 0.1) is 18.8 Å². The molecule has 4 rings (SSSR count). The molecular weight excluding hydrogens is 316 g/mol. The Balaban J connectivity index is 1.60. The SMILES string of the molecule is COc1ccc(C2=CC3CC[C@H]2C3[S@@](=O)c2ccc(C)cc2)cc1. The van der Waals surface area contributed by atoms with Gasteiger partial charge in [-0.2, -0.15) is 0 Å². The summed E-state index contributed by atoms with van der Waals surface area (Å²) in [7, 11) is 0.745. The number of ether oxygens (including phenoxy) is 1. The number of rotatable bonds is 4. The van der Waals surface area contributed by atoms with E-state index in [-0.39, 0.29) is 5.25 Å². The lowest BCUT2D eigenvalue weighted by molar-refractivity contribution is 0.415. The maximum atomic E-state index is 13.2. The maximum absolute atomic E-state index is 13.2. The highest BCUT2D eigenvalue weighted by Crippen LogP contribution is 2.51. The molecular formula is C21H22O2S. The molecule has 2 bridgehead atoms. The third-order valence-corrected chi connectivity index (χ3v) is 7.26. The Kier molecular flexibility index (Phi) is 4.05. The van der Waals surface area contributed by atoms with E-state index in [1.54, 1.807) is 7.11 Å². The van der Waals surface area contributed by atoms with Crippen LogP contribution in [0.2, 0.25) is 0 Å². The van der Waals surface area contributed by atoms with E-state index in [1.165, 1.54) is 16.7 Å². The van der Waals surface area contributed by atoms with Crippen molar-refractivity contribution in [3.63, 3.8) is 0 Å². The zero-order chi connectivity index (χ0) is 16.7. The molecule has 2 nitrogen and oxygen atoms in total. The Hall–Kier alpha value is -1.87. The van der Waals surface area contributed by atoms with Crippen molar-refractivity contribution in [3.8, 4) is 5.75 Å². The molecule has 0 aromatic heterocycles. The number of hydrogen-bond acceptors (Lipinski definition) is 2. The molecule has 2 aromatic rings. The van der Waals surface area contributed by atoms with Crippen molar-refractivity contribution in [3.05, 3.63) is 65.7 Å². The number of methoxy groups -OCH3 is 1. The molecule has 0 saturated heterocycles. The van der Waals surface area contributed by atoms with Crippen LogP contribution in [0.25, 0.3) is 5.57 Å². The van der Waals surface area contributed by atoms with E-state index in [0.717, 1.165) is 23.5 Å². The highest BCUT2D eigenvalue weighted by atomic mass is 32.2. The Labute approximate surface area is 146 Å². The third-order valence-electron chi connectivity index (χ3n) is 5.35. The van der Waals surface area contributed by atoms with Gasteiger partial charge in [0.25, 0.3) is 0 Å². The molecule has 1 saturated carbocycles. The zero-order valence-electron chi connectivity index (χ0n) is 14.1. The van der Waals surface area contributed by atoms with Gasteiger partial charge in [0.1, 0.15) is 5.75 Å². The fraction of sp³-hybridized carbons (Fsp3) is 0.333. The van der Waals surface area contributed by atoms with Crippen LogP contribution in [0.4, 0.5) is 0 Å². The highest BCUT2D eigenvalue weighted by molar-refractivity contribution is 7.85. The molecule has 1 fully saturated rings. The number of aryl methyl sites for hydroxylation is 1. The minimum atomic E-state index is -0.942. The molecule has 24 heavy (non-hydrogen) atoms. The molecule has 0 amide bonds. The van der Waals surface area contributed by atoms with Crippen molar-refractivity contribution in [2.45, 2.75) is 29.9 Å². The first-order chi connectivity index (χ1) is 11.7. The lowest BCUT2D eigenvalue weighted by atomic mass is 9.92. The molecule has 0 heterocycles. The quantitative estimate of drug-likeness (QED) is 0.814. The summed E-state index contributed by atoms with van der Waals surface area (Å²) in [5.41, 5.74) is 3.83. The average molecular weight is 338 g/mol. The second-order valence-corrected chi connectivity index (χ2v) is 8.38. The molecule has 0 spiro atoms. The van der Waals surface area contributed by atoms with E-state index in [4.69, 9.17) is 4.74 Å². The normalized spacial score (nSPS) is 26.2. The maximum Gasteiger partial charge on any atom is 0.118 e. The Morgan fingerprint density at radius 1 is 1.00 bits per heavy atom. The summed E-state index contributed by atoms with van der Waals surface area (Å²) in [6.45, 7) is 2.06. The van der Waals surface area contributed by atoms with Crippen molar-refractivity contribution in [1.82, 2.24) is 0 Å². The van der Waals surface area contributed by atoms with Gasteiger partial charge in [0.05, 0.1) is 23.2 Å². The van der Waals surface area contributed by atoms with E-state index >= 15 is 0 Å². The zero-order valence-corrected chi connectivity index (χ0v) is 14.9. The van der Waals surface area contributed by atoms with Gasteiger partial charge in [-0.1, -0.05) is 35.9 Å². The summed E-state index contributed by atoms with van der Waals surface area (Å²) >= 11 is 0. The standard InChI is InChI=1S/C21H22O2S/c1-14-3-10-18(11-4-14)24(22)21-16-7-12-19(21)20(13-16)15-5-8-17(23-2)9-6-15/h3-6,8-11,13,16,19,21H,7,12H2,1-2H3/t16?,19-,21?,24+/m1/s1. The van der Waals surface area contributed by atoms with Gasteiger partial charge >= 0.3 is 0 Å². The summed E-state index contributed by atoms with van der Waals surface area (Å²) in [6, 6.07) is 16.4. The van der Waals surface area contributed by atoms with Crippen LogP contribution in [0.5, 0.6) is 5.75 Å². The number of fused-ring (bicyclic) bond motifs is 2. The van der Waals surface area contributed by atoms with Crippen LogP contribution in [0.15, 0.2) is 59.5 Å². The number of allylic oxidation sites excluding steroid dienone is 2.